The summed E-state index contributed by atoms with van der Waals surface area (Å²) in [4.78, 5) is 13.3. The molecule has 0 saturated carbocycles. The van der Waals surface area contributed by atoms with Crippen molar-refractivity contribution in [3.8, 4) is 0 Å². The van der Waals surface area contributed by atoms with Gasteiger partial charge in [0.25, 0.3) is 0 Å². The Hall–Kier alpha value is -0.940. The molecule has 1 aromatic rings. The molecular formula is C12H14BrFN2O. The van der Waals surface area contributed by atoms with Gasteiger partial charge in [-0.15, -0.1) is 0 Å². The summed E-state index contributed by atoms with van der Waals surface area (Å²) in [6, 6.07) is 4.75. The first-order chi connectivity index (χ1) is 8.11. The van der Waals surface area contributed by atoms with Crippen LogP contribution in [0.3, 0.4) is 0 Å². The van der Waals surface area contributed by atoms with Gasteiger partial charge in [0.05, 0.1) is 5.69 Å². The lowest BCUT2D eigenvalue weighted by Crippen LogP contribution is -2.32. The minimum atomic E-state index is -0.362. The van der Waals surface area contributed by atoms with Crippen molar-refractivity contribution in [1.82, 2.24) is 5.32 Å². The molecule has 1 N–H and O–H groups in total. The topological polar surface area (TPSA) is 32.3 Å². The molecular weight excluding hydrogens is 287 g/mol. The van der Waals surface area contributed by atoms with Crippen molar-refractivity contribution in [3.63, 3.8) is 0 Å². The van der Waals surface area contributed by atoms with Crippen molar-refractivity contribution in [3.05, 3.63) is 28.5 Å². The molecule has 92 valence electrons. The second kappa shape index (κ2) is 5.14. The van der Waals surface area contributed by atoms with Crippen molar-refractivity contribution in [1.29, 1.82) is 0 Å². The van der Waals surface area contributed by atoms with Crippen LogP contribution in [0.2, 0.25) is 0 Å². The number of rotatable bonds is 3. The maximum absolute atomic E-state index is 13.7. The molecule has 3 nitrogen and oxygen atoms in total. The van der Waals surface area contributed by atoms with Gasteiger partial charge < -0.3 is 10.2 Å². The average molecular weight is 301 g/mol. The molecule has 1 atom stereocenters. The van der Waals surface area contributed by atoms with Crippen molar-refractivity contribution >= 4 is 27.5 Å². The molecule has 0 spiro atoms. The highest BCUT2D eigenvalue weighted by atomic mass is 79.9. The second-order valence-electron chi connectivity index (χ2n) is 4.06. The lowest BCUT2D eigenvalue weighted by molar-refractivity contribution is -0.117. The minimum Gasteiger partial charge on any atom is -0.312 e. The number of hydrogen-bond donors (Lipinski definition) is 1. The molecule has 0 aromatic heterocycles. The van der Waals surface area contributed by atoms with E-state index in [-0.39, 0.29) is 17.8 Å². The standard InChI is InChI=1S/C12H14BrFN2O/c1-2-15-9-6-12(17)16(7-9)11-5-8(13)3-4-10(11)14/h3-5,9,15H,2,6-7H2,1H3. The highest BCUT2D eigenvalue weighted by Crippen LogP contribution is 2.27. The normalized spacial score (nSPS) is 20.1. The Morgan fingerprint density at radius 2 is 2.35 bits per heavy atom. The first-order valence-corrected chi connectivity index (χ1v) is 6.40. The quantitative estimate of drug-likeness (QED) is 0.929. The van der Waals surface area contributed by atoms with Gasteiger partial charge in [-0.25, -0.2) is 4.39 Å². The molecule has 1 amide bonds. The van der Waals surface area contributed by atoms with Gasteiger partial charge in [-0.2, -0.15) is 0 Å². The Morgan fingerprint density at radius 1 is 1.59 bits per heavy atom. The monoisotopic (exact) mass is 300 g/mol. The van der Waals surface area contributed by atoms with Crippen molar-refractivity contribution in [2.24, 2.45) is 0 Å². The van der Waals surface area contributed by atoms with Crippen molar-refractivity contribution in [2.45, 2.75) is 19.4 Å². The van der Waals surface area contributed by atoms with Crippen molar-refractivity contribution < 1.29 is 9.18 Å². The molecule has 1 heterocycles. The number of hydrogen-bond acceptors (Lipinski definition) is 2. The summed E-state index contributed by atoms with van der Waals surface area (Å²) < 4.78 is 14.4. The summed E-state index contributed by atoms with van der Waals surface area (Å²) >= 11 is 3.29. The number of anilines is 1. The maximum atomic E-state index is 13.7. The number of amides is 1. The number of benzene rings is 1. The third-order valence-corrected chi connectivity index (χ3v) is 3.31. The van der Waals surface area contributed by atoms with E-state index < -0.39 is 0 Å². The number of nitrogens with one attached hydrogen (secondary N) is 1. The summed E-state index contributed by atoms with van der Waals surface area (Å²) in [5, 5.41) is 3.21. The summed E-state index contributed by atoms with van der Waals surface area (Å²) in [5.41, 5.74) is 0.352. The Morgan fingerprint density at radius 3 is 3.06 bits per heavy atom. The minimum absolute atomic E-state index is 0.0343. The van der Waals surface area contributed by atoms with Gasteiger partial charge in [0.15, 0.2) is 0 Å². The number of halogens is 2. The molecule has 5 heteroatoms. The predicted molar refractivity (Wildman–Crippen MR) is 68.5 cm³/mol. The van der Waals surface area contributed by atoms with E-state index in [9.17, 15) is 9.18 Å². The van der Waals surface area contributed by atoms with Crippen LogP contribution in [0.1, 0.15) is 13.3 Å². The number of carbonyl (C=O) groups excluding carboxylic acids is 1. The first-order valence-electron chi connectivity index (χ1n) is 5.60. The van der Waals surface area contributed by atoms with E-state index >= 15 is 0 Å². The number of likely N-dealkylation sites (N-methyl/N-ethyl adjacent to an activating group) is 1. The molecule has 1 fully saturated rings. The highest BCUT2D eigenvalue weighted by Gasteiger charge is 2.31. The molecule has 1 aliphatic rings. The predicted octanol–water partition coefficient (Wildman–Crippen LogP) is 2.30. The number of nitrogens with zero attached hydrogens (tertiary/aromatic N) is 1. The van der Waals surface area contributed by atoms with E-state index in [1.54, 1.807) is 12.1 Å². The zero-order valence-electron chi connectivity index (χ0n) is 9.54. The average Bonchev–Trinajstić information content (AvgIpc) is 2.64. The second-order valence-corrected chi connectivity index (χ2v) is 4.97. The van der Waals surface area contributed by atoms with E-state index in [1.165, 1.54) is 11.0 Å². The molecule has 1 aromatic carbocycles. The largest absolute Gasteiger partial charge is 0.312 e. The molecule has 1 aliphatic heterocycles. The Labute approximate surface area is 108 Å². The van der Waals surface area contributed by atoms with E-state index in [0.29, 0.717) is 18.7 Å². The molecule has 2 rings (SSSR count). The summed E-state index contributed by atoms with van der Waals surface area (Å²) in [6.45, 7) is 3.33. The fraction of sp³-hybridized carbons (Fsp3) is 0.417. The van der Waals surface area contributed by atoms with Crippen LogP contribution in [-0.2, 0) is 4.79 Å². The smallest absolute Gasteiger partial charge is 0.228 e. The lowest BCUT2D eigenvalue weighted by atomic mass is 10.2. The molecule has 0 radical (unpaired) electrons. The van der Waals surface area contributed by atoms with E-state index in [0.717, 1.165) is 11.0 Å². The fourth-order valence-electron chi connectivity index (χ4n) is 2.06. The summed E-state index contributed by atoms with van der Waals surface area (Å²) in [6.07, 6.45) is 0.430. The van der Waals surface area contributed by atoms with Gasteiger partial charge in [0.2, 0.25) is 5.91 Å². The van der Waals surface area contributed by atoms with Crippen LogP contribution in [0.5, 0.6) is 0 Å². The van der Waals surface area contributed by atoms with Crippen LogP contribution in [0.4, 0.5) is 10.1 Å². The Bertz CT molecular complexity index is 439. The zero-order valence-corrected chi connectivity index (χ0v) is 11.1. The zero-order chi connectivity index (χ0) is 12.4. The third kappa shape index (κ3) is 2.66. The van der Waals surface area contributed by atoms with Crippen molar-refractivity contribution in [2.75, 3.05) is 18.0 Å². The first kappa shape index (κ1) is 12.5. The Balaban J connectivity index is 2.22. The van der Waals surface area contributed by atoms with Crippen LogP contribution in [0.25, 0.3) is 0 Å². The number of carbonyl (C=O) groups is 1. The van der Waals surface area contributed by atoms with Gasteiger partial charge >= 0.3 is 0 Å². The maximum Gasteiger partial charge on any atom is 0.228 e. The van der Waals surface area contributed by atoms with E-state index in [4.69, 9.17) is 0 Å². The van der Waals surface area contributed by atoms with Gasteiger partial charge in [-0.05, 0) is 24.7 Å². The molecule has 1 saturated heterocycles. The molecule has 1 unspecified atom stereocenters. The van der Waals surface area contributed by atoms with Gasteiger partial charge in [-0.1, -0.05) is 22.9 Å². The van der Waals surface area contributed by atoms with E-state index in [1.807, 2.05) is 6.92 Å². The lowest BCUT2D eigenvalue weighted by Gasteiger charge is -2.18. The van der Waals surface area contributed by atoms with Crippen LogP contribution < -0.4 is 10.2 Å². The summed E-state index contributed by atoms with van der Waals surface area (Å²) in [7, 11) is 0. The van der Waals surface area contributed by atoms with Crippen LogP contribution in [-0.4, -0.2) is 25.0 Å². The van der Waals surface area contributed by atoms with Crippen LogP contribution >= 0.6 is 15.9 Å². The fourth-order valence-corrected chi connectivity index (χ4v) is 2.41. The van der Waals surface area contributed by atoms with Gasteiger partial charge in [-0.3, -0.25) is 4.79 Å². The Kier molecular flexibility index (Phi) is 3.79. The SMILES string of the molecule is CCNC1CC(=O)N(c2cc(Br)ccc2F)C1. The molecule has 17 heavy (non-hydrogen) atoms. The summed E-state index contributed by atoms with van der Waals surface area (Å²) in [5.74, 6) is -0.397. The third-order valence-electron chi connectivity index (χ3n) is 2.82. The van der Waals surface area contributed by atoms with Crippen LogP contribution in [0.15, 0.2) is 22.7 Å². The van der Waals surface area contributed by atoms with Gasteiger partial charge in [0, 0.05) is 23.5 Å². The molecule has 0 bridgehead atoms. The van der Waals surface area contributed by atoms with E-state index in [2.05, 4.69) is 21.2 Å². The highest BCUT2D eigenvalue weighted by molar-refractivity contribution is 9.10. The van der Waals surface area contributed by atoms with Crippen LogP contribution in [0, 0.1) is 5.82 Å². The molecule has 0 aliphatic carbocycles. The van der Waals surface area contributed by atoms with Gasteiger partial charge in [0.1, 0.15) is 5.82 Å².